The van der Waals surface area contributed by atoms with E-state index in [9.17, 15) is 9.90 Å². The molecule has 0 aliphatic rings. The monoisotopic (exact) mass is 363 g/mol. The molecule has 0 radical (unpaired) electrons. The first kappa shape index (κ1) is 16.3. The predicted octanol–water partition coefficient (Wildman–Crippen LogP) is 4.29. The third-order valence-corrected chi connectivity index (χ3v) is 4.43. The molecule has 26 heavy (non-hydrogen) atoms. The zero-order valence-corrected chi connectivity index (χ0v) is 14.6. The van der Waals surface area contributed by atoms with Gasteiger partial charge in [-0.2, -0.15) is 5.10 Å². The molecule has 0 saturated carbocycles. The van der Waals surface area contributed by atoms with E-state index in [-0.39, 0.29) is 17.1 Å². The summed E-state index contributed by atoms with van der Waals surface area (Å²) >= 11 is 5.93. The van der Waals surface area contributed by atoms with Gasteiger partial charge in [-0.1, -0.05) is 35.9 Å². The number of carbonyl (C=O) groups excluding carboxylic acids is 1. The topological polar surface area (TPSA) is 67.5 Å². The summed E-state index contributed by atoms with van der Waals surface area (Å²) in [7, 11) is 0. The van der Waals surface area contributed by atoms with Crippen molar-refractivity contribution in [1.82, 2.24) is 14.6 Å². The highest BCUT2D eigenvalue weighted by Gasteiger charge is 2.16. The van der Waals surface area contributed by atoms with Gasteiger partial charge in [-0.15, -0.1) is 0 Å². The Balaban J connectivity index is 1.78. The minimum atomic E-state index is -0.368. The fraction of sp³-hybridized carbons (Fsp3) is 0.0500. The molecule has 0 spiro atoms. The van der Waals surface area contributed by atoms with Crippen molar-refractivity contribution in [3.63, 3.8) is 0 Å². The summed E-state index contributed by atoms with van der Waals surface area (Å²) < 4.78 is 1.57. The number of rotatable bonds is 3. The van der Waals surface area contributed by atoms with Crippen LogP contribution in [0.4, 0.5) is 0 Å². The number of ketones is 1. The summed E-state index contributed by atoms with van der Waals surface area (Å²) in [6.45, 7) is 2.02. The van der Waals surface area contributed by atoms with Crippen LogP contribution in [0.2, 0.25) is 5.02 Å². The number of hydrogen-bond donors (Lipinski definition) is 1. The Kier molecular flexibility index (Phi) is 3.93. The van der Waals surface area contributed by atoms with E-state index in [4.69, 9.17) is 11.6 Å². The van der Waals surface area contributed by atoms with Crippen LogP contribution in [0.5, 0.6) is 5.75 Å². The van der Waals surface area contributed by atoms with Gasteiger partial charge in [0.15, 0.2) is 11.4 Å². The van der Waals surface area contributed by atoms with Crippen LogP contribution in [0.3, 0.4) is 0 Å². The highest BCUT2D eigenvalue weighted by Crippen LogP contribution is 2.25. The van der Waals surface area contributed by atoms with Gasteiger partial charge in [0.1, 0.15) is 5.75 Å². The van der Waals surface area contributed by atoms with Crippen LogP contribution in [-0.2, 0) is 0 Å². The molecule has 0 amide bonds. The first-order valence-electron chi connectivity index (χ1n) is 7.97. The maximum Gasteiger partial charge on any atom is 0.199 e. The average molecular weight is 364 g/mol. The van der Waals surface area contributed by atoms with Gasteiger partial charge in [-0.3, -0.25) is 4.79 Å². The zero-order chi connectivity index (χ0) is 18.3. The average Bonchev–Trinajstić information content (AvgIpc) is 3.06. The zero-order valence-electron chi connectivity index (χ0n) is 13.8. The lowest BCUT2D eigenvalue weighted by atomic mass is 10.1. The summed E-state index contributed by atoms with van der Waals surface area (Å²) in [4.78, 5) is 17.0. The van der Waals surface area contributed by atoms with Gasteiger partial charge in [0.25, 0.3) is 0 Å². The molecule has 2 aromatic heterocycles. The van der Waals surface area contributed by atoms with Gasteiger partial charge in [-0.05, 0) is 30.7 Å². The van der Waals surface area contributed by atoms with E-state index in [1.54, 1.807) is 10.7 Å². The molecule has 0 atom stereocenters. The van der Waals surface area contributed by atoms with Crippen LogP contribution >= 0.6 is 11.6 Å². The van der Waals surface area contributed by atoms with Gasteiger partial charge in [0, 0.05) is 29.0 Å². The number of aromatic nitrogens is 3. The Labute approximate surface area is 154 Å². The number of nitrogens with zero attached hydrogens (tertiary/aromatic N) is 3. The number of fused-ring (bicyclic) bond motifs is 1. The van der Waals surface area contributed by atoms with E-state index in [0.717, 1.165) is 16.8 Å². The highest BCUT2D eigenvalue weighted by atomic mass is 35.5. The van der Waals surface area contributed by atoms with Crippen molar-refractivity contribution < 1.29 is 9.90 Å². The Bertz CT molecular complexity index is 1150. The van der Waals surface area contributed by atoms with Gasteiger partial charge in [0.2, 0.25) is 0 Å². The third-order valence-electron chi connectivity index (χ3n) is 4.20. The number of hydrogen-bond acceptors (Lipinski definition) is 4. The summed E-state index contributed by atoms with van der Waals surface area (Å²) in [5.74, 6) is -0.493. The molecule has 4 rings (SSSR count). The number of phenolic OH excluding ortho intramolecular Hbond substituents is 1. The first-order chi connectivity index (χ1) is 12.5. The van der Waals surface area contributed by atoms with Crippen molar-refractivity contribution in [3.8, 4) is 17.0 Å². The van der Waals surface area contributed by atoms with E-state index in [2.05, 4.69) is 10.1 Å². The van der Waals surface area contributed by atoms with Crippen molar-refractivity contribution in [1.29, 1.82) is 0 Å². The lowest BCUT2D eigenvalue weighted by molar-refractivity contribution is 0.103. The maximum absolute atomic E-state index is 12.7. The highest BCUT2D eigenvalue weighted by molar-refractivity contribution is 6.31. The fourth-order valence-electron chi connectivity index (χ4n) is 2.83. The van der Waals surface area contributed by atoms with Crippen LogP contribution in [0.25, 0.3) is 16.9 Å². The fourth-order valence-corrected chi connectivity index (χ4v) is 3.00. The number of aryl methyl sites for hydroxylation is 1. The molecular formula is C20H14ClN3O2. The van der Waals surface area contributed by atoms with Crippen molar-refractivity contribution >= 4 is 23.0 Å². The minimum Gasteiger partial charge on any atom is -0.507 e. The molecule has 4 aromatic rings. The first-order valence-corrected chi connectivity index (χ1v) is 8.35. The van der Waals surface area contributed by atoms with Gasteiger partial charge >= 0.3 is 0 Å². The quantitative estimate of drug-likeness (QED) is 0.551. The molecule has 0 aliphatic carbocycles. The molecule has 2 heterocycles. The SMILES string of the molecule is Cc1ccccc1-c1cc2ncc(C(=O)c3cc(Cl)ccc3O)cn2n1. The normalized spacial score (nSPS) is 11.0. The van der Waals surface area contributed by atoms with E-state index >= 15 is 0 Å². The Morgan fingerprint density at radius 1 is 1.15 bits per heavy atom. The van der Waals surface area contributed by atoms with E-state index in [0.29, 0.717) is 16.2 Å². The molecule has 128 valence electrons. The number of aromatic hydroxyl groups is 1. The Morgan fingerprint density at radius 3 is 2.77 bits per heavy atom. The Hall–Kier alpha value is -3.18. The second-order valence-electron chi connectivity index (χ2n) is 5.98. The van der Waals surface area contributed by atoms with E-state index < -0.39 is 0 Å². The van der Waals surface area contributed by atoms with E-state index in [1.807, 2.05) is 37.3 Å². The molecular weight excluding hydrogens is 350 g/mol. The number of carbonyl (C=O) groups is 1. The van der Waals surface area contributed by atoms with Crippen LogP contribution in [0, 0.1) is 6.92 Å². The molecule has 0 saturated heterocycles. The van der Waals surface area contributed by atoms with Crippen molar-refractivity contribution in [2.75, 3.05) is 0 Å². The lowest BCUT2D eigenvalue weighted by Crippen LogP contribution is -2.05. The van der Waals surface area contributed by atoms with Crippen LogP contribution in [0.1, 0.15) is 21.5 Å². The smallest absolute Gasteiger partial charge is 0.199 e. The molecule has 1 N–H and O–H groups in total. The van der Waals surface area contributed by atoms with Crippen molar-refractivity contribution in [3.05, 3.63) is 82.6 Å². The van der Waals surface area contributed by atoms with Gasteiger partial charge in [-0.25, -0.2) is 9.50 Å². The lowest BCUT2D eigenvalue weighted by Gasteiger charge is -2.04. The Morgan fingerprint density at radius 2 is 1.96 bits per heavy atom. The molecule has 6 heteroatoms. The summed E-state index contributed by atoms with van der Waals surface area (Å²) in [5.41, 5.74) is 3.98. The van der Waals surface area contributed by atoms with Crippen molar-refractivity contribution in [2.24, 2.45) is 0 Å². The molecule has 5 nitrogen and oxygen atoms in total. The molecule has 0 bridgehead atoms. The van der Waals surface area contributed by atoms with Crippen LogP contribution in [0.15, 0.2) is 60.9 Å². The van der Waals surface area contributed by atoms with Crippen molar-refractivity contribution in [2.45, 2.75) is 6.92 Å². The summed E-state index contributed by atoms with van der Waals surface area (Å²) in [6, 6.07) is 14.2. The largest absolute Gasteiger partial charge is 0.507 e. The van der Waals surface area contributed by atoms with E-state index in [1.165, 1.54) is 24.4 Å². The van der Waals surface area contributed by atoms with Gasteiger partial charge in [0.05, 0.1) is 16.8 Å². The number of halogens is 1. The number of benzene rings is 2. The number of phenols is 1. The summed E-state index contributed by atoms with van der Waals surface area (Å²) in [5, 5.41) is 14.9. The van der Waals surface area contributed by atoms with Gasteiger partial charge < -0.3 is 5.11 Å². The molecule has 0 unspecified atom stereocenters. The molecule has 0 aliphatic heterocycles. The summed E-state index contributed by atoms with van der Waals surface area (Å²) in [6.07, 6.45) is 3.08. The second kappa shape index (κ2) is 6.28. The second-order valence-corrected chi connectivity index (χ2v) is 6.42. The predicted molar refractivity (Wildman–Crippen MR) is 99.7 cm³/mol. The third kappa shape index (κ3) is 2.82. The maximum atomic E-state index is 12.7. The standard InChI is InChI=1S/C20H14ClN3O2/c1-12-4-2-3-5-15(12)17-9-19-22-10-13(11-24(19)23-17)20(26)16-8-14(21)6-7-18(16)25/h2-11,25H,1H3. The minimum absolute atomic E-state index is 0.124. The molecule has 0 fully saturated rings. The van der Waals surface area contributed by atoms with Crippen LogP contribution in [-0.4, -0.2) is 25.5 Å². The van der Waals surface area contributed by atoms with Crippen LogP contribution < -0.4 is 0 Å². The molecule has 2 aromatic carbocycles.